The average molecular weight is 237 g/mol. The standard InChI is InChI=1S/C14H23NO2/c1-11(2)14(17)9-15(10-14)13(16)8-12-6-4-3-5-7-12/h6,11,17H,3-5,7-10H2,1-2H3. The van der Waals surface area contributed by atoms with E-state index >= 15 is 0 Å². The second-order valence-corrected chi connectivity index (χ2v) is 5.79. The smallest absolute Gasteiger partial charge is 0.226 e. The molecule has 0 saturated carbocycles. The third-order valence-corrected chi connectivity index (χ3v) is 4.12. The van der Waals surface area contributed by atoms with E-state index in [9.17, 15) is 9.90 Å². The highest BCUT2D eigenvalue weighted by atomic mass is 16.3. The van der Waals surface area contributed by atoms with E-state index in [1.165, 1.54) is 18.4 Å². The summed E-state index contributed by atoms with van der Waals surface area (Å²) >= 11 is 0. The van der Waals surface area contributed by atoms with Crippen molar-refractivity contribution in [3.8, 4) is 0 Å². The van der Waals surface area contributed by atoms with Crippen LogP contribution in [0.4, 0.5) is 0 Å². The van der Waals surface area contributed by atoms with Crippen molar-refractivity contribution in [3.63, 3.8) is 0 Å². The highest BCUT2D eigenvalue weighted by Gasteiger charge is 2.45. The molecule has 2 rings (SSSR count). The first-order chi connectivity index (χ1) is 8.01. The van der Waals surface area contributed by atoms with Crippen molar-refractivity contribution < 1.29 is 9.90 Å². The van der Waals surface area contributed by atoms with Crippen LogP contribution in [0.2, 0.25) is 0 Å². The number of nitrogens with zero attached hydrogens (tertiary/aromatic N) is 1. The third kappa shape index (κ3) is 2.71. The Hall–Kier alpha value is -0.830. The fourth-order valence-corrected chi connectivity index (χ4v) is 2.53. The Labute approximate surface area is 103 Å². The molecule has 3 nitrogen and oxygen atoms in total. The zero-order chi connectivity index (χ0) is 12.5. The number of β-amino-alcohol motifs (C(OH)–C–C–N with tert-alkyl or cyclic N) is 1. The minimum Gasteiger partial charge on any atom is -0.386 e. The fourth-order valence-electron chi connectivity index (χ4n) is 2.53. The maximum absolute atomic E-state index is 12.0. The molecule has 1 aliphatic carbocycles. The lowest BCUT2D eigenvalue weighted by Crippen LogP contribution is -2.65. The van der Waals surface area contributed by atoms with Gasteiger partial charge in [0.25, 0.3) is 0 Å². The van der Waals surface area contributed by atoms with Crippen LogP contribution in [0.5, 0.6) is 0 Å². The van der Waals surface area contributed by atoms with E-state index in [4.69, 9.17) is 0 Å². The number of carbonyl (C=O) groups is 1. The number of hydrogen-bond acceptors (Lipinski definition) is 2. The summed E-state index contributed by atoms with van der Waals surface area (Å²) in [5.41, 5.74) is 0.651. The molecule has 3 heteroatoms. The number of rotatable bonds is 3. The molecular formula is C14H23NO2. The molecule has 0 aromatic heterocycles. The van der Waals surface area contributed by atoms with Crippen molar-refractivity contribution in [2.24, 2.45) is 5.92 Å². The Bertz CT molecular complexity index is 327. The molecule has 0 aromatic carbocycles. The summed E-state index contributed by atoms with van der Waals surface area (Å²) in [7, 11) is 0. The Morgan fingerprint density at radius 2 is 2.18 bits per heavy atom. The van der Waals surface area contributed by atoms with Gasteiger partial charge >= 0.3 is 0 Å². The van der Waals surface area contributed by atoms with Crippen LogP contribution in [0.25, 0.3) is 0 Å². The number of allylic oxidation sites excluding steroid dienone is 1. The molecule has 17 heavy (non-hydrogen) atoms. The van der Waals surface area contributed by atoms with Crippen molar-refractivity contribution in [1.82, 2.24) is 4.90 Å². The summed E-state index contributed by atoms with van der Waals surface area (Å²) in [6, 6.07) is 0. The van der Waals surface area contributed by atoms with Crippen LogP contribution in [0.15, 0.2) is 11.6 Å². The minimum atomic E-state index is -0.642. The molecular weight excluding hydrogens is 214 g/mol. The number of amides is 1. The predicted molar refractivity (Wildman–Crippen MR) is 67.5 cm³/mol. The zero-order valence-corrected chi connectivity index (χ0v) is 10.9. The Morgan fingerprint density at radius 3 is 2.71 bits per heavy atom. The lowest BCUT2D eigenvalue weighted by Gasteiger charge is -2.49. The molecule has 1 saturated heterocycles. The van der Waals surface area contributed by atoms with Gasteiger partial charge in [0.15, 0.2) is 0 Å². The largest absolute Gasteiger partial charge is 0.386 e. The number of hydrogen-bond donors (Lipinski definition) is 1. The van der Waals surface area contributed by atoms with Crippen molar-refractivity contribution in [3.05, 3.63) is 11.6 Å². The summed E-state index contributed by atoms with van der Waals surface area (Å²) in [6.45, 7) is 5.03. The van der Waals surface area contributed by atoms with E-state index in [0.717, 1.165) is 12.8 Å². The van der Waals surface area contributed by atoms with Gasteiger partial charge in [0.1, 0.15) is 5.60 Å². The summed E-state index contributed by atoms with van der Waals surface area (Å²) < 4.78 is 0. The highest BCUT2D eigenvalue weighted by Crippen LogP contribution is 2.30. The van der Waals surface area contributed by atoms with Crippen molar-refractivity contribution >= 4 is 5.91 Å². The van der Waals surface area contributed by atoms with Gasteiger partial charge in [0.05, 0.1) is 13.1 Å². The first-order valence-electron chi connectivity index (χ1n) is 6.69. The first kappa shape index (κ1) is 12.6. The maximum Gasteiger partial charge on any atom is 0.226 e. The average Bonchev–Trinajstić information content (AvgIpc) is 2.25. The van der Waals surface area contributed by atoms with Crippen molar-refractivity contribution in [2.75, 3.05) is 13.1 Å². The number of aliphatic hydroxyl groups is 1. The molecule has 1 aliphatic heterocycles. The molecule has 0 unspecified atom stereocenters. The van der Waals surface area contributed by atoms with E-state index in [1.807, 2.05) is 13.8 Å². The van der Waals surface area contributed by atoms with Gasteiger partial charge in [-0.1, -0.05) is 25.5 Å². The van der Waals surface area contributed by atoms with Gasteiger partial charge in [-0.15, -0.1) is 0 Å². The summed E-state index contributed by atoms with van der Waals surface area (Å²) in [5.74, 6) is 0.406. The minimum absolute atomic E-state index is 0.184. The van der Waals surface area contributed by atoms with Crippen LogP contribution in [0.1, 0.15) is 46.0 Å². The van der Waals surface area contributed by atoms with Crippen LogP contribution in [-0.2, 0) is 4.79 Å². The molecule has 1 heterocycles. The molecule has 0 aromatic rings. The SMILES string of the molecule is CC(C)C1(O)CN(C(=O)CC2=CCCCC2)C1. The molecule has 0 bridgehead atoms. The van der Waals surface area contributed by atoms with Crippen LogP contribution >= 0.6 is 0 Å². The first-order valence-corrected chi connectivity index (χ1v) is 6.69. The van der Waals surface area contributed by atoms with Crippen LogP contribution in [0.3, 0.4) is 0 Å². The Morgan fingerprint density at radius 1 is 1.47 bits per heavy atom. The lowest BCUT2D eigenvalue weighted by molar-refractivity contribution is -0.163. The molecule has 2 aliphatic rings. The molecule has 0 atom stereocenters. The molecule has 1 N–H and O–H groups in total. The quantitative estimate of drug-likeness (QED) is 0.764. The third-order valence-electron chi connectivity index (χ3n) is 4.12. The topological polar surface area (TPSA) is 40.5 Å². The zero-order valence-electron chi connectivity index (χ0n) is 10.9. The summed E-state index contributed by atoms with van der Waals surface area (Å²) in [5, 5.41) is 10.1. The van der Waals surface area contributed by atoms with E-state index in [2.05, 4.69) is 6.08 Å². The highest BCUT2D eigenvalue weighted by molar-refractivity contribution is 5.79. The Balaban J connectivity index is 1.81. The molecule has 1 amide bonds. The molecule has 96 valence electrons. The van der Waals surface area contributed by atoms with Gasteiger partial charge in [-0.25, -0.2) is 0 Å². The van der Waals surface area contributed by atoms with Crippen LogP contribution < -0.4 is 0 Å². The summed E-state index contributed by atoms with van der Waals surface area (Å²) in [6.07, 6.45) is 7.46. The normalized spacial score (nSPS) is 23.3. The molecule has 0 spiro atoms. The van der Waals surface area contributed by atoms with E-state index in [-0.39, 0.29) is 11.8 Å². The van der Waals surface area contributed by atoms with Crippen molar-refractivity contribution in [1.29, 1.82) is 0 Å². The Kier molecular flexibility index (Phi) is 3.57. The number of carbonyl (C=O) groups excluding carboxylic acids is 1. The molecule has 0 radical (unpaired) electrons. The van der Waals surface area contributed by atoms with Gasteiger partial charge < -0.3 is 10.0 Å². The van der Waals surface area contributed by atoms with Crippen LogP contribution in [-0.4, -0.2) is 34.6 Å². The second-order valence-electron chi connectivity index (χ2n) is 5.79. The van der Waals surface area contributed by atoms with Gasteiger partial charge in [-0.05, 0) is 31.6 Å². The van der Waals surface area contributed by atoms with Gasteiger partial charge in [-0.2, -0.15) is 0 Å². The van der Waals surface area contributed by atoms with Crippen molar-refractivity contribution in [2.45, 2.75) is 51.6 Å². The van der Waals surface area contributed by atoms with E-state index in [0.29, 0.717) is 19.5 Å². The lowest BCUT2D eigenvalue weighted by atomic mass is 9.82. The van der Waals surface area contributed by atoms with Gasteiger partial charge in [0, 0.05) is 6.42 Å². The second kappa shape index (κ2) is 4.81. The number of likely N-dealkylation sites (tertiary alicyclic amines) is 1. The van der Waals surface area contributed by atoms with Gasteiger partial charge in [0.2, 0.25) is 5.91 Å². The van der Waals surface area contributed by atoms with Crippen LogP contribution in [0, 0.1) is 5.92 Å². The van der Waals surface area contributed by atoms with E-state index < -0.39 is 5.60 Å². The predicted octanol–water partition coefficient (Wildman–Crippen LogP) is 2.11. The van der Waals surface area contributed by atoms with E-state index in [1.54, 1.807) is 4.90 Å². The molecule has 1 fully saturated rings. The monoisotopic (exact) mass is 237 g/mol. The summed E-state index contributed by atoms with van der Waals surface area (Å²) in [4.78, 5) is 13.8. The maximum atomic E-state index is 12.0. The fraction of sp³-hybridized carbons (Fsp3) is 0.786. The van der Waals surface area contributed by atoms with Gasteiger partial charge in [-0.3, -0.25) is 4.79 Å².